The smallest absolute Gasteiger partial charge is 0.102 e. The fraction of sp³-hybridized carbons (Fsp3) is 0.810. The van der Waals surface area contributed by atoms with Crippen LogP contribution in [0.5, 0.6) is 0 Å². The van der Waals surface area contributed by atoms with Gasteiger partial charge < -0.3 is 20.1 Å². The van der Waals surface area contributed by atoms with Crippen molar-refractivity contribution >= 4 is 0 Å². The summed E-state index contributed by atoms with van der Waals surface area (Å²) in [6, 6.07) is 0. The average molecular weight is 350 g/mol. The number of hydrogen-bond acceptors (Lipinski definition) is 4. The molecule has 3 aliphatic rings. The number of methoxy groups -OCH3 is 1. The maximum Gasteiger partial charge on any atom is 0.102 e. The minimum absolute atomic E-state index is 0.00805. The van der Waals surface area contributed by atoms with Crippen LogP contribution in [0.25, 0.3) is 0 Å². The lowest BCUT2D eigenvalue weighted by Gasteiger charge is -2.41. The van der Waals surface area contributed by atoms with Gasteiger partial charge in [-0.05, 0) is 49.5 Å². The van der Waals surface area contributed by atoms with E-state index in [4.69, 9.17) is 4.74 Å². The molecule has 3 N–H and O–H groups in total. The van der Waals surface area contributed by atoms with E-state index < -0.39 is 23.7 Å². The van der Waals surface area contributed by atoms with Gasteiger partial charge in [-0.3, -0.25) is 0 Å². The Kier molecular flexibility index (Phi) is 5.20. The van der Waals surface area contributed by atoms with Gasteiger partial charge in [0.15, 0.2) is 0 Å². The van der Waals surface area contributed by atoms with Crippen LogP contribution in [0.15, 0.2) is 22.8 Å². The number of ether oxygens (including phenoxy) is 1. The Labute approximate surface area is 151 Å². The zero-order valence-electron chi connectivity index (χ0n) is 16.2. The molecule has 0 radical (unpaired) electrons. The van der Waals surface area contributed by atoms with Crippen molar-refractivity contribution in [2.24, 2.45) is 29.1 Å². The first-order chi connectivity index (χ1) is 11.7. The van der Waals surface area contributed by atoms with Gasteiger partial charge in [0, 0.05) is 18.4 Å². The van der Waals surface area contributed by atoms with Gasteiger partial charge in [-0.25, -0.2) is 0 Å². The third kappa shape index (κ3) is 2.91. The summed E-state index contributed by atoms with van der Waals surface area (Å²) < 4.78 is 5.43. The highest BCUT2D eigenvalue weighted by Crippen LogP contribution is 2.54. The van der Waals surface area contributed by atoms with E-state index in [-0.39, 0.29) is 17.8 Å². The van der Waals surface area contributed by atoms with E-state index in [2.05, 4.69) is 19.9 Å². The van der Waals surface area contributed by atoms with Gasteiger partial charge in [-0.2, -0.15) is 0 Å². The molecule has 0 aromatic carbocycles. The molecule has 4 nitrogen and oxygen atoms in total. The molecule has 25 heavy (non-hydrogen) atoms. The highest BCUT2D eigenvalue weighted by Gasteiger charge is 2.52. The first-order valence-electron chi connectivity index (χ1n) is 9.71. The normalized spacial score (nSPS) is 46.5. The first kappa shape index (κ1) is 19.1. The molecule has 0 aromatic rings. The van der Waals surface area contributed by atoms with E-state index in [9.17, 15) is 15.3 Å². The van der Waals surface area contributed by atoms with Crippen molar-refractivity contribution in [3.8, 4) is 0 Å². The molecule has 0 aromatic heterocycles. The second kappa shape index (κ2) is 6.80. The van der Waals surface area contributed by atoms with E-state index in [0.717, 1.165) is 24.0 Å². The molecule has 0 bridgehead atoms. The van der Waals surface area contributed by atoms with Crippen molar-refractivity contribution in [1.29, 1.82) is 0 Å². The van der Waals surface area contributed by atoms with Gasteiger partial charge >= 0.3 is 0 Å². The number of hydrogen-bond donors (Lipinski definition) is 3. The van der Waals surface area contributed by atoms with Crippen molar-refractivity contribution in [3.05, 3.63) is 22.8 Å². The molecule has 4 heteroatoms. The summed E-state index contributed by atoms with van der Waals surface area (Å²) in [6.07, 6.45) is 2.59. The van der Waals surface area contributed by atoms with Gasteiger partial charge in [0.1, 0.15) is 6.10 Å². The average Bonchev–Trinajstić information content (AvgIpc) is 3.05. The zero-order valence-corrected chi connectivity index (χ0v) is 16.2. The molecule has 0 spiro atoms. The zero-order chi connectivity index (χ0) is 18.5. The first-order valence-corrected chi connectivity index (χ1v) is 9.71. The SMILES string of the molecule is COC[C@H]1CC[C@@H]2/C1=C\[C@]1(C)C(=C(C(C)C)C[C@@H]1O)[C@@H](O)[C@H](O)[C@@H]2C. The Balaban J connectivity index is 2.18. The van der Waals surface area contributed by atoms with Crippen molar-refractivity contribution in [1.82, 2.24) is 0 Å². The minimum Gasteiger partial charge on any atom is -0.392 e. The summed E-state index contributed by atoms with van der Waals surface area (Å²) in [7, 11) is 1.73. The van der Waals surface area contributed by atoms with Crippen LogP contribution in [0.2, 0.25) is 0 Å². The van der Waals surface area contributed by atoms with Crippen LogP contribution in [-0.4, -0.2) is 47.3 Å². The van der Waals surface area contributed by atoms with Crippen LogP contribution in [0.3, 0.4) is 0 Å². The van der Waals surface area contributed by atoms with E-state index in [1.165, 1.54) is 5.57 Å². The predicted octanol–water partition coefficient (Wildman–Crippen LogP) is 2.68. The van der Waals surface area contributed by atoms with Crippen LogP contribution in [0, 0.1) is 29.1 Å². The van der Waals surface area contributed by atoms with Gasteiger partial charge in [0.2, 0.25) is 0 Å². The standard InChI is InChI=1S/C21H34O4/c1-11(2)15-8-17(22)21(4)9-16-13(10-25-5)6-7-14(16)12(3)19(23)20(24)18(15)21/h9,11-14,17,19-20,22-24H,6-8,10H2,1-5H3/b16-9-/t12-,13-,14+,17+,19-,20-,21+/m1/s1. The quantitative estimate of drug-likeness (QED) is 0.685. The van der Waals surface area contributed by atoms with Crippen molar-refractivity contribution in [2.75, 3.05) is 13.7 Å². The van der Waals surface area contributed by atoms with Crippen molar-refractivity contribution in [3.63, 3.8) is 0 Å². The third-order valence-electron chi connectivity index (χ3n) is 7.08. The van der Waals surface area contributed by atoms with Gasteiger partial charge in [0.25, 0.3) is 0 Å². The van der Waals surface area contributed by atoms with Crippen molar-refractivity contribution in [2.45, 2.75) is 65.3 Å². The molecule has 3 rings (SSSR count). The monoisotopic (exact) mass is 350 g/mol. The summed E-state index contributed by atoms with van der Waals surface area (Å²) in [4.78, 5) is 0. The summed E-state index contributed by atoms with van der Waals surface area (Å²) >= 11 is 0. The molecule has 142 valence electrons. The fourth-order valence-electron chi connectivity index (χ4n) is 5.52. The van der Waals surface area contributed by atoms with Gasteiger partial charge in [-0.1, -0.05) is 38.0 Å². The van der Waals surface area contributed by atoms with Crippen LogP contribution in [0.4, 0.5) is 0 Å². The fourth-order valence-corrected chi connectivity index (χ4v) is 5.52. The highest BCUT2D eigenvalue weighted by atomic mass is 16.5. The van der Waals surface area contributed by atoms with Crippen LogP contribution >= 0.6 is 0 Å². The summed E-state index contributed by atoms with van der Waals surface area (Å²) in [6.45, 7) is 8.95. The molecule has 1 saturated carbocycles. The highest BCUT2D eigenvalue weighted by molar-refractivity contribution is 5.42. The molecule has 0 heterocycles. The molecular formula is C21H34O4. The lowest BCUT2D eigenvalue weighted by Crippen LogP contribution is -2.44. The molecule has 0 saturated heterocycles. The summed E-state index contributed by atoms with van der Waals surface area (Å²) in [5.41, 5.74) is 2.66. The predicted molar refractivity (Wildman–Crippen MR) is 97.9 cm³/mol. The summed E-state index contributed by atoms with van der Waals surface area (Å²) in [5.74, 6) is 0.827. The van der Waals surface area contributed by atoms with Crippen LogP contribution in [0.1, 0.15) is 47.0 Å². The Hall–Kier alpha value is -0.680. The second-order valence-corrected chi connectivity index (χ2v) is 8.87. The largest absolute Gasteiger partial charge is 0.392 e. The van der Waals surface area contributed by atoms with E-state index in [1.54, 1.807) is 7.11 Å². The van der Waals surface area contributed by atoms with Crippen LogP contribution in [-0.2, 0) is 4.74 Å². The molecule has 0 unspecified atom stereocenters. The topological polar surface area (TPSA) is 69.9 Å². The molecule has 7 atom stereocenters. The molecular weight excluding hydrogens is 316 g/mol. The number of aliphatic hydroxyl groups is 3. The minimum atomic E-state index is -0.908. The van der Waals surface area contributed by atoms with E-state index in [0.29, 0.717) is 18.9 Å². The Morgan fingerprint density at radius 2 is 1.92 bits per heavy atom. The lowest BCUT2D eigenvalue weighted by atomic mass is 9.68. The molecule has 1 fully saturated rings. The third-order valence-corrected chi connectivity index (χ3v) is 7.08. The molecule has 3 aliphatic carbocycles. The molecule has 0 amide bonds. The number of fused-ring (bicyclic) bond motifs is 2. The Bertz CT molecular complexity index is 578. The number of rotatable bonds is 3. The van der Waals surface area contributed by atoms with E-state index in [1.807, 2.05) is 13.8 Å². The second-order valence-electron chi connectivity index (χ2n) is 8.87. The van der Waals surface area contributed by atoms with Crippen LogP contribution < -0.4 is 0 Å². The maximum atomic E-state index is 11.0. The lowest BCUT2D eigenvalue weighted by molar-refractivity contribution is -0.0217. The van der Waals surface area contributed by atoms with Gasteiger partial charge in [0.05, 0.1) is 18.8 Å². The number of aliphatic hydroxyl groups excluding tert-OH is 3. The van der Waals surface area contributed by atoms with Gasteiger partial charge in [-0.15, -0.1) is 0 Å². The maximum absolute atomic E-state index is 11.0. The molecule has 0 aliphatic heterocycles. The van der Waals surface area contributed by atoms with Crippen molar-refractivity contribution < 1.29 is 20.1 Å². The Morgan fingerprint density at radius 3 is 2.52 bits per heavy atom. The summed E-state index contributed by atoms with van der Waals surface area (Å²) in [5, 5.41) is 32.9. The Morgan fingerprint density at radius 1 is 1.24 bits per heavy atom. The van der Waals surface area contributed by atoms with E-state index >= 15 is 0 Å².